The molecule has 0 aromatic heterocycles. The van der Waals surface area contributed by atoms with Gasteiger partial charge >= 0.3 is 0 Å². The molecule has 0 unspecified atom stereocenters. The van der Waals surface area contributed by atoms with Gasteiger partial charge in [-0.25, -0.2) is 8.42 Å². The van der Waals surface area contributed by atoms with E-state index in [0.717, 1.165) is 4.90 Å². The fraction of sp³-hybridized carbons (Fsp3) is 0.400. The maximum absolute atomic E-state index is 11.6. The molecule has 0 bridgehead atoms. The summed E-state index contributed by atoms with van der Waals surface area (Å²) in [6, 6.07) is 7.35. The third-order valence-corrected chi connectivity index (χ3v) is 4.44. The zero-order valence-corrected chi connectivity index (χ0v) is 10.7. The van der Waals surface area contributed by atoms with E-state index in [9.17, 15) is 8.42 Å². The van der Waals surface area contributed by atoms with E-state index >= 15 is 0 Å². The standard InChI is InChI=1S/C10H15NO2S2/c1-8(2)15(12,13)11-9-5-4-6-10(7-9)14-3/h4-8,11H,1-3H3. The van der Waals surface area contributed by atoms with Crippen LogP contribution in [-0.2, 0) is 10.0 Å². The minimum Gasteiger partial charge on any atom is -0.283 e. The number of rotatable bonds is 4. The molecule has 0 atom stereocenters. The SMILES string of the molecule is CSc1cccc(NS(=O)(=O)C(C)C)c1. The van der Waals surface area contributed by atoms with Crippen LogP contribution in [0.1, 0.15) is 13.8 Å². The number of anilines is 1. The molecule has 15 heavy (non-hydrogen) atoms. The average molecular weight is 245 g/mol. The molecule has 0 aliphatic carbocycles. The van der Waals surface area contributed by atoms with Crippen LogP contribution < -0.4 is 4.72 Å². The van der Waals surface area contributed by atoms with Crippen LogP contribution in [0, 0.1) is 0 Å². The zero-order chi connectivity index (χ0) is 11.5. The fourth-order valence-corrected chi connectivity index (χ4v) is 2.12. The molecule has 5 heteroatoms. The molecule has 0 aliphatic heterocycles. The summed E-state index contributed by atoms with van der Waals surface area (Å²) in [5.74, 6) is 0. The molecule has 1 N–H and O–H groups in total. The lowest BCUT2D eigenvalue weighted by atomic mass is 10.3. The highest BCUT2D eigenvalue weighted by Gasteiger charge is 2.15. The Labute approximate surface area is 95.3 Å². The number of thioether (sulfide) groups is 1. The third kappa shape index (κ3) is 3.43. The van der Waals surface area contributed by atoms with Crippen molar-refractivity contribution < 1.29 is 8.42 Å². The van der Waals surface area contributed by atoms with Crippen molar-refractivity contribution in [3.8, 4) is 0 Å². The Morgan fingerprint density at radius 3 is 2.53 bits per heavy atom. The molecule has 0 saturated carbocycles. The fourth-order valence-electron chi connectivity index (χ4n) is 0.969. The Hall–Kier alpha value is -0.680. The molecule has 0 heterocycles. The minimum absolute atomic E-state index is 0.421. The van der Waals surface area contributed by atoms with Gasteiger partial charge in [0.15, 0.2) is 0 Å². The smallest absolute Gasteiger partial charge is 0.235 e. The van der Waals surface area contributed by atoms with Gasteiger partial charge in [0.2, 0.25) is 10.0 Å². The average Bonchev–Trinajstić information content (AvgIpc) is 2.17. The summed E-state index contributed by atoms with van der Waals surface area (Å²) in [6.45, 7) is 3.31. The van der Waals surface area contributed by atoms with Crippen LogP contribution in [0.25, 0.3) is 0 Å². The van der Waals surface area contributed by atoms with Gasteiger partial charge in [0.05, 0.1) is 5.25 Å². The van der Waals surface area contributed by atoms with Gasteiger partial charge in [-0.2, -0.15) is 0 Å². The number of nitrogens with one attached hydrogen (secondary N) is 1. The van der Waals surface area contributed by atoms with Crippen molar-refractivity contribution in [3.05, 3.63) is 24.3 Å². The Morgan fingerprint density at radius 1 is 1.33 bits per heavy atom. The maximum Gasteiger partial charge on any atom is 0.235 e. The highest BCUT2D eigenvalue weighted by atomic mass is 32.2. The minimum atomic E-state index is -3.24. The first-order chi connectivity index (χ1) is 6.95. The lowest BCUT2D eigenvalue weighted by molar-refractivity contribution is 0.593. The molecule has 1 aromatic rings. The van der Waals surface area contributed by atoms with E-state index in [1.807, 2.05) is 24.5 Å². The molecule has 0 spiro atoms. The quantitative estimate of drug-likeness (QED) is 0.829. The maximum atomic E-state index is 11.6. The highest BCUT2D eigenvalue weighted by Crippen LogP contribution is 2.20. The van der Waals surface area contributed by atoms with Crippen LogP contribution in [0.2, 0.25) is 0 Å². The van der Waals surface area contributed by atoms with Crippen molar-refractivity contribution in [2.75, 3.05) is 11.0 Å². The van der Waals surface area contributed by atoms with E-state index in [0.29, 0.717) is 5.69 Å². The van der Waals surface area contributed by atoms with Crippen molar-refractivity contribution in [2.45, 2.75) is 24.0 Å². The van der Waals surface area contributed by atoms with Gasteiger partial charge in [-0.3, -0.25) is 4.72 Å². The summed E-state index contributed by atoms with van der Waals surface area (Å²) in [5.41, 5.74) is 0.621. The van der Waals surface area contributed by atoms with Crippen LogP contribution >= 0.6 is 11.8 Å². The van der Waals surface area contributed by atoms with Crippen LogP contribution in [0.5, 0.6) is 0 Å². The molecule has 84 valence electrons. The molecular weight excluding hydrogens is 230 g/mol. The van der Waals surface area contributed by atoms with E-state index in [2.05, 4.69) is 4.72 Å². The van der Waals surface area contributed by atoms with E-state index in [1.165, 1.54) is 0 Å². The lowest BCUT2D eigenvalue weighted by Gasteiger charge is -2.11. The van der Waals surface area contributed by atoms with Crippen LogP contribution in [0.4, 0.5) is 5.69 Å². The normalized spacial score (nSPS) is 11.7. The van der Waals surface area contributed by atoms with Gasteiger partial charge in [-0.15, -0.1) is 11.8 Å². The van der Waals surface area contributed by atoms with Gasteiger partial charge in [0, 0.05) is 10.6 Å². The summed E-state index contributed by atoms with van der Waals surface area (Å²) < 4.78 is 25.7. The third-order valence-electron chi connectivity index (χ3n) is 1.95. The molecule has 0 radical (unpaired) electrons. The first kappa shape index (κ1) is 12.4. The van der Waals surface area contributed by atoms with E-state index in [4.69, 9.17) is 0 Å². The van der Waals surface area contributed by atoms with Crippen LogP contribution in [0.15, 0.2) is 29.2 Å². The largest absolute Gasteiger partial charge is 0.283 e. The van der Waals surface area contributed by atoms with Gasteiger partial charge < -0.3 is 0 Å². The molecule has 0 amide bonds. The summed E-state index contributed by atoms with van der Waals surface area (Å²) in [4.78, 5) is 1.04. The van der Waals surface area contributed by atoms with Gasteiger partial charge in [-0.1, -0.05) is 6.07 Å². The van der Waals surface area contributed by atoms with Crippen molar-refractivity contribution in [1.29, 1.82) is 0 Å². The number of benzene rings is 1. The molecule has 1 aromatic carbocycles. The molecular formula is C10H15NO2S2. The van der Waals surface area contributed by atoms with Crippen LogP contribution in [0.3, 0.4) is 0 Å². The number of hydrogen-bond donors (Lipinski definition) is 1. The predicted molar refractivity (Wildman–Crippen MR) is 65.9 cm³/mol. The molecule has 0 fully saturated rings. The summed E-state index contributed by atoms with van der Waals surface area (Å²) in [7, 11) is -3.24. The Bertz CT molecular complexity index is 427. The number of sulfonamides is 1. The lowest BCUT2D eigenvalue weighted by Crippen LogP contribution is -2.22. The first-order valence-corrected chi connectivity index (χ1v) is 7.38. The summed E-state index contributed by atoms with van der Waals surface area (Å²) in [5, 5.41) is -0.421. The van der Waals surface area contributed by atoms with Gasteiger partial charge in [0.25, 0.3) is 0 Å². The molecule has 0 saturated heterocycles. The molecule has 1 rings (SSSR count). The first-order valence-electron chi connectivity index (χ1n) is 4.61. The second-order valence-electron chi connectivity index (χ2n) is 3.43. The topological polar surface area (TPSA) is 46.2 Å². The summed E-state index contributed by atoms with van der Waals surface area (Å²) in [6.07, 6.45) is 1.95. The van der Waals surface area contributed by atoms with E-state index < -0.39 is 15.3 Å². The van der Waals surface area contributed by atoms with Gasteiger partial charge in [0.1, 0.15) is 0 Å². The summed E-state index contributed by atoms with van der Waals surface area (Å²) >= 11 is 1.58. The molecule has 3 nitrogen and oxygen atoms in total. The van der Waals surface area contributed by atoms with Crippen molar-refractivity contribution >= 4 is 27.5 Å². The number of hydrogen-bond acceptors (Lipinski definition) is 3. The van der Waals surface area contributed by atoms with Gasteiger partial charge in [-0.05, 0) is 38.3 Å². The van der Waals surface area contributed by atoms with E-state index in [1.54, 1.807) is 31.7 Å². The monoisotopic (exact) mass is 245 g/mol. The second-order valence-corrected chi connectivity index (χ2v) is 6.54. The zero-order valence-electron chi connectivity index (χ0n) is 9.02. The van der Waals surface area contributed by atoms with Crippen molar-refractivity contribution in [2.24, 2.45) is 0 Å². The second kappa shape index (κ2) is 4.90. The van der Waals surface area contributed by atoms with Crippen molar-refractivity contribution in [1.82, 2.24) is 0 Å². The van der Waals surface area contributed by atoms with Crippen molar-refractivity contribution in [3.63, 3.8) is 0 Å². The van der Waals surface area contributed by atoms with Crippen LogP contribution in [-0.4, -0.2) is 19.9 Å². The Kier molecular flexibility index (Phi) is 4.04. The Balaban J connectivity index is 2.90. The highest BCUT2D eigenvalue weighted by molar-refractivity contribution is 7.98. The Morgan fingerprint density at radius 2 is 2.00 bits per heavy atom. The predicted octanol–water partition coefficient (Wildman–Crippen LogP) is 2.56. The van der Waals surface area contributed by atoms with E-state index in [-0.39, 0.29) is 0 Å². The molecule has 0 aliphatic rings.